The average Bonchev–Trinajstić information content (AvgIpc) is 2.69. The summed E-state index contributed by atoms with van der Waals surface area (Å²) in [4.78, 5) is 28.9. The molecule has 144 valence electrons. The molecular formula is C22H22ClN3O2. The van der Waals surface area contributed by atoms with E-state index >= 15 is 0 Å². The number of nitrogens with one attached hydrogen (secondary N) is 1. The van der Waals surface area contributed by atoms with Gasteiger partial charge in [0.05, 0.1) is 12.0 Å². The van der Waals surface area contributed by atoms with Crippen molar-refractivity contribution in [2.24, 2.45) is 0 Å². The number of amides is 1. The molecule has 5 nitrogen and oxygen atoms in total. The van der Waals surface area contributed by atoms with E-state index in [0.29, 0.717) is 10.7 Å². The van der Waals surface area contributed by atoms with Crippen LogP contribution in [0.4, 0.5) is 0 Å². The highest BCUT2D eigenvalue weighted by Crippen LogP contribution is 2.17. The predicted octanol–water partition coefficient (Wildman–Crippen LogP) is 3.70. The van der Waals surface area contributed by atoms with Gasteiger partial charge in [-0.25, -0.2) is 4.98 Å². The highest BCUT2D eigenvalue weighted by molar-refractivity contribution is 6.30. The molecule has 0 radical (unpaired) electrons. The molecule has 0 aliphatic heterocycles. The van der Waals surface area contributed by atoms with E-state index in [9.17, 15) is 9.59 Å². The first kappa shape index (κ1) is 19.8. The van der Waals surface area contributed by atoms with E-state index in [0.717, 1.165) is 18.4 Å². The summed E-state index contributed by atoms with van der Waals surface area (Å²) in [6.45, 7) is 1.91. The molecule has 1 atom stereocenters. The standard InChI is InChI=1S/C22H22ClN3O2/c1-16(7-8-17-5-3-2-4-6-17)25-21(27)14-26-15-24-20(13-22(26)28)18-9-11-19(23)12-10-18/h2-6,9-13,15-16H,7-8,14H2,1H3,(H,25,27). The molecule has 2 aromatic carbocycles. The summed E-state index contributed by atoms with van der Waals surface area (Å²) in [6, 6.07) is 18.7. The molecule has 3 aromatic rings. The zero-order valence-electron chi connectivity index (χ0n) is 15.6. The van der Waals surface area contributed by atoms with Gasteiger partial charge in [0.25, 0.3) is 5.56 Å². The molecule has 0 aliphatic carbocycles. The van der Waals surface area contributed by atoms with E-state index < -0.39 is 0 Å². The van der Waals surface area contributed by atoms with Crippen LogP contribution < -0.4 is 10.9 Å². The predicted molar refractivity (Wildman–Crippen MR) is 111 cm³/mol. The normalized spacial score (nSPS) is 11.8. The first-order chi connectivity index (χ1) is 13.5. The van der Waals surface area contributed by atoms with Gasteiger partial charge in [-0.3, -0.25) is 14.2 Å². The van der Waals surface area contributed by atoms with Crippen LogP contribution in [0.2, 0.25) is 5.02 Å². The third-order valence-corrected chi connectivity index (χ3v) is 4.70. The summed E-state index contributed by atoms with van der Waals surface area (Å²) in [6.07, 6.45) is 3.12. The van der Waals surface area contributed by atoms with Gasteiger partial charge in [0.15, 0.2) is 0 Å². The highest BCUT2D eigenvalue weighted by atomic mass is 35.5. The fourth-order valence-corrected chi connectivity index (χ4v) is 3.02. The molecule has 1 amide bonds. The summed E-state index contributed by atoms with van der Waals surface area (Å²) in [5.41, 5.74) is 2.32. The van der Waals surface area contributed by atoms with Crippen molar-refractivity contribution in [1.29, 1.82) is 0 Å². The Morgan fingerprint density at radius 3 is 2.54 bits per heavy atom. The highest BCUT2D eigenvalue weighted by Gasteiger charge is 2.10. The fraction of sp³-hybridized carbons (Fsp3) is 0.227. The third-order valence-electron chi connectivity index (χ3n) is 4.45. The van der Waals surface area contributed by atoms with Crippen LogP contribution >= 0.6 is 11.6 Å². The van der Waals surface area contributed by atoms with Crippen molar-refractivity contribution >= 4 is 17.5 Å². The second kappa shape index (κ2) is 9.33. The maximum atomic E-state index is 12.3. The number of benzene rings is 2. The van der Waals surface area contributed by atoms with Gasteiger partial charge < -0.3 is 5.32 Å². The Labute approximate surface area is 169 Å². The molecule has 0 bridgehead atoms. The molecular weight excluding hydrogens is 374 g/mol. The number of halogens is 1. The summed E-state index contributed by atoms with van der Waals surface area (Å²) >= 11 is 5.88. The number of hydrogen-bond donors (Lipinski definition) is 1. The van der Waals surface area contributed by atoms with Crippen LogP contribution in [0.15, 0.2) is 71.8 Å². The number of hydrogen-bond acceptors (Lipinski definition) is 3. The molecule has 1 unspecified atom stereocenters. The number of carbonyl (C=O) groups excluding carboxylic acids is 1. The van der Waals surface area contributed by atoms with Crippen molar-refractivity contribution in [3.05, 3.63) is 87.9 Å². The van der Waals surface area contributed by atoms with Crippen LogP contribution in [0.3, 0.4) is 0 Å². The lowest BCUT2D eigenvalue weighted by Gasteiger charge is -2.14. The Bertz CT molecular complexity index is 985. The molecule has 1 aromatic heterocycles. The van der Waals surface area contributed by atoms with E-state index in [1.807, 2.05) is 25.1 Å². The molecule has 3 rings (SSSR count). The molecule has 0 saturated carbocycles. The minimum Gasteiger partial charge on any atom is -0.352 e. The number of rotatable bonds is 7. The first-order valence-corrected chi connectivity index (χ1v) is 9.55. The number of nitrogens with zero attached hydrogens (tertiary/aromatic N) is 2. The maximum Gasteiger partial charge on any atom is 0.254 e. The van der Waals surface area contributed by atoms with Gasteiger partial charge in [0.1, 0.15) is 6.54 Å². The number of aryl methyl sites for hydroxylation is 1. The van der Waals surface area contributed by atoms with E-state index in [1.165, 1.54) is 22.5 Å². The van der Waals surface area contributed by atoms with Crippen LogP contribution in [0.1, 0.15) is 18.9 Å². The summed E-state index contributed by atoms with van der Waals surface area (Å²) < 4.78 is 1.30. The smallest absolute Gasteiger partial charge is 0.254 e. The van der Waals surface area contributed by atoms with Crippen molar-refractivity contribution in [3.63, 3.8) is 0 Å². The minimum atomic E-state index is -0.271. The lowest BCUT2D eigenvalue weighted by Crippen LogP contribution is -2.37. The summed E-state index contributed by atoms with van der Waals surface area (Å²) in [5.74, 6) is -0.205. The molecule has 0 aliphatic rings. The van der Waals surface area contributed by atoms with Crippen LogP contribution in [0, 0.1) is 0 Å². The van der Waals surface area contributed by atoms with E-state index in [4.69, 9.17) is 11.6 Å². The Morgan fingerprint density at radius 2 is 1.86 bits per heavy atom. The Kier molecular flexibility index (Phi) is 6.61. The van der Waals surface area contributed by atoms with Crippen LogP contribution in [-0.4, -0.2) is 21.5 Å². The molecule has 1 N–H and O–H groups in total. The molecule has 0 fully saturated rings. The fourth-order valence-electron chi connectivity index (χ4n) is 2.90. The SMILES string of the molecule is CC(CCc1ccccc1)NC(=O)Cn1cnc(-c2ccc(Cl)cc2)cc1=O. The van der Waals surface area contributed by atoms with Crippen molar-refractivity contribution in [2.75, 3.05) is 0 Å². The van der Waals surface area contributed by atoms with Crippen molar-refractivity contribution < 1.29 is 4.79 Å². The molecule has 0 saturated heterocycles. The third kappa shape index (κ3) is 5.54. The van der Waals surface area contributed by atoms with E-state index in [2.05, 4.69) is 22.4 Å². The molecule has 6 heteroatoms. The largest absolute Gasteiger partial charge is 0.352 e. The topological polar surface area (TPSA) is 64.0 Å². The molecule has 0 spiro atoms. The Hall–Kier alpha value is -2.92. The van der Waals surface area contributed by atoms with Crippen LogP contribution in [0.5, 0.6) is 0 Å². The lowest BCUT2D eigenvalue weighted by molar-refractivity contribution is -0.122. The van der Waals surface area contributed by atoms with Gasteiger partial charge in [-0.1, -0.05) is 54.1 Å². The second-order valence-corrected chi connectivity index (χ2v) is 7.18. The van der Waals surface area contributed by atoms with Crippen molar-refractivity contribution in [2.45, 2.75) is 32.4 Å². The zero-order valence-corrected chi connectivity index (χ0v) is 16.4. The number of carbonyl (C=O) groups is 1. The van der Waals surface area contributed by atoms with Crippen LogP contribution in [-0.2, 0) is 17.8 Å². The van der Waals surface area contributed by atoms with Gasteiger partial charge in [0.2, 0.25) is 5.91 Å². The van der Waals surface area contributed by atoms with E-state index in [1.54, 1.807) is 24.3 Å². The monoisotopic (exact) mass is 395 g/mol. The first-order valence-electron chi connectivity index (χ1n) is 9.17. The maximum absolute atomic E-state index is 12.3. The van der Waals surface area contributed by atoms with Crippen molar-refractivity contribution in [3.8, 4) is 11.3 Å². The average molecular weight is 396 g/mol. The van der Waals surface area contributed by atoms with Gasteiger partial charge in [-0.2, -0.15) is 0 Å². The second-order valence-electron chi connectivity index (χ2n) is 6.74. The Morgan fingerprint density at radius 1 is 1.14 bits per heavy atom. The minimum absolute atomic E-state index is 0.0182. The van der Waals surface area contributed by atoms with E-state index in [-0.39, 0.29) is 24.1 Å². The molecule has 1 heterocycles. The van der Waals surface area contributed by atoms with Gasteiger partial charge in [-0.05, 0) is 37.5 Å². The van der Waals surface area contributed by atoms with Gasteiger partial charge >= 0.3 is 0 Å². The number of aromatic nitrogens is 2. The summed E-state index contributed by atoms with van der Waals surface area (Å²) in [5, 5.41) is 3.56. The van der Waals surface area contributed by atoms with Crippen LogP contribution in [0.25, 0.3) is 11.3 Å². The van der Waals surface area contributed by atoms with Gasteiger partial charge in [-0.15, -0.1) is 0 Å². The van der Waals surface area contributed by atoms with Crippen molar-refractivity contribution in [1.82, 2.24) is 14.9 Å². The quantitative estimate of drug-likeness (QED) is 0.663. The lowest BCUT2D eigenvalue weighted by atomic mass is 10.1. The zero-order chi connectivity index (χ0) is 19.9. The molecule has 28 heavy (non-hydrogen) atoms. The Balaban J connectivity index is 1.56. The summed E-state index contributed by atoms with van der Waals surface area (Å²) in [7, 11) is 0. The van der Waals surface area contributed by atoms with Gasteiger partial charge in [0, 0.05) is 22.7 Å².